The van der Waals surface area contributed by atoms with Crippen molar-refractivity contribution in [2.24, 2.45) is 0 Å². The zero-order valence-corrected chi connectivity index (χ0v) is 10.5. The Morgan fingerprint density at radius 2 is 2.18 bits per heavy atom. The van der Waals surface area contributed by atoms with Crippen LogP contribution in [-0.4, -0.2) is 18.8 Å². The molecule has 1 aromatic carbocycles. The first-order valence-electron chi connectivity index (χ1n) is 5.12. The number of rotatable bonds is 4. The molecule has 0 amide bonds. The van der Waals surface area contributed by atoms with E-state index < -0.39 is 15.3 Å². The van der Waals surface area contributed by atoms with Crippen molar-refractivity contribution >= 4 is 15.7 Å². The third kappa shape index (κ3) is 2.88. The average Bonchev–Trinajstić information content (AvgIpc) is 2.26. The third-order valence-corrected chi connectivity index (χ3v) is 4.07. The summed E-state index contributed by atoms with van der Waals surface area (Å²) in [6.45, 7) is 3.28. The van der Waals surface area contributed by atoms with E-state index in [2.05, 4.69) is 4.72 Å². The minimum atomic E-state index is -3.79. The molecule has 2 N–H and O–H groups in total. The smallest absolute Gasteiger partial charge is 0.249 e. The van der Waals surface area contributed by atoms with Crippen LogP contribution >= 0.6 is 0 Å². The van der Waals surface area contributed by atoms with Gasteiger partial charge in [-0.1, -0.05) is 19.1 Å². The lowest BCUT2D eigenvalue weighted by atomic mass is 10.2. The number of nitrogens with one attached hydrogen (secondary N) is 1. The van der Waals surface area contributed by atoms with E-state index >= 15 is 0 Å². The zero-order chi connectivity index (χ0) is 13.1. The first-order chi connectivity index (χ1) is 7.92. The van der Waals surface area contributed by atoms with Crippen LogP contribution in [0.4, 0.5) is 5.69 Å². The van der Waals surface area contributed by atoms with E-state index in [4.69, 9.17) is 5.26 Å². The molecule has 0 saturated heterocycles. The highest BCUT2D eigenvalue weighted by Gasteiger charge is 2.24. The predicted molar refractivity (Wildman–Crippen MR) is 65.1 cm³/mol. The third-order valence-electron chi connectivity index (χ3n) is 2.38. The molecule has 0 aliphatic heterocycles. The van der Waals surface area contributed by atoms with Crippen LogP contribution in [0.5, 0.6) is 5.75 Å². The molecular formula is C11H14N2O3S. The molecule has 0 heterocycles. The molecule has 0 aromatic heterocycles. The van der Waals surface area contributed by atoms with E-state index in [9.17, 15) is 13.5 Å². The van der Waals surface area contributed by atoms with Crippen LogP contribution in [0.3, 0.4) is 0 Å². The summed E-state index contributed by atoms with van der Waals surface area (Å²) < 4.78 is 25.8. The molecule has 1 rings (SSSR count). The molecule has 6 heteroatoms. The monoisotopic (exact) mass is 254 g/mol. The summed E-state index contributed by atoms with van der Waals surface area (Å²) >= 11 is 0. The lowest BCUT2D eigenvalue weighted by Gasteiger charge is -2.13. The lowest BCUT2D eigenvalue weighted by Crippen LogP contribution is -2.26. The molecule has 17 heavy (non-hydrogen) atoms. The predicted octanol–water partition coefficient (Wildman–Crippen LogP) is 1.74. The van der Waals surface area contributed by atoms with Crippen LogP contribution < -0.4 is 4.72 Å². The Kier molecular flexibility index (Phi) is 3.97. The van der Waals surface area contributed by atoms with Gasteiger partial charge in [-0.15, -0.1) is 0 Å². The quantitative estimate of drug-likeness (QED) is 0.801. The van der Waals surface area contributed by atoms with Gasteiger partial charge in [-0.05, 0) is 25.0 Å². The normalized spacial score (nSPS) is 12.8. The number of nitrogens with zero attached hydrogens (tertiary/aromatic N) is 1. The first kappa shape index (κ1) is 13.3. The number of sulfonamides is 1. The van der Waals surface area contributed by atoms with Crippen LogP contribution in [0.2, 0.25) is 0 Å². The average molecular weight is 254 g/mol. The molecule has 0 spiro atoms. The van der Waals surface area contributed by atoms with E-state index in [1.807, 2.05) is 0 Å². The highest BCUT2D eigenvalue weighted by atomic mass is 32.2. The highest BCUT2D eigenvalue weighted by Crippen LogP contribution is 2.28. The second-order valence-corrected chi connectivity index (χ2v) is 5.51. The minimum absolute atomic E-state index is 0.0960. The van der Waals surface area contributed by atoms with Gasteiger partial charge in [-0.25, -0.2) is 8.42 Å². The van der Waals surface area contributed by atoms with Gasteiger partial charge in [0.1, 0.15) is 5.75 Å². The number of phenolic OH excluding ortho intramolecular Hbond substituents is 1. The summed E-state index contributed by atoms with van der Waals surface area (Å²) in [4.78, 5) is 0. The molecule has 92 valence electrons. The number of phenols is 1. The maximum absolute atomic E-state index is 11.8. The second kappa shape index (κ2) is 5.06. The Balaban J connectivity index is 3.07. The molecule has 0 radical (unpaired) electrons. The molecule has 0 bridgehead atoms. The van der Waals surface area contributed by atoms with Gasteiger partial charge >= 0.3 is 0 Å². The summed E-state index contributed by atoms with van der Waals surface area (Å²) in [5, 5.41) is 17.3. The number of hydrogen-bond donors (Lipinski definition) is 2. The minimum Gasteiger partial charge on any atom is -0.505 e. The molecule has 0 aliphatic rings. The second-order valence-electron chi connectivity index (χ2n) is 3.64. The summed E-state index contributed by atoms with van der Waals surface area (Å²) in [6.07, 6.45) is 0.193. The van der Waals surface area contributed by atoms with Gasteiger partial charge < -0.3 is 5.11 Å². The fraction of sp³-hybridized carbons (Fsp3) is 0.364. The van der Waals surface area contributed by atoms with Gasteiger partial charge in [0.2, 0.25) is 10.0 Å². The number of benzene rings is 1. The van der Waals surface area contributed by atoms with Crippen molar-refractivity contribution in [3.8, 4) is 11.8 Å². The molecule has 1 aromatic rings. The molecular weight excluding hydrogens is 240 g/mol. The summed E-state index contributed by atoms with van der Waals surface area (Å²) in [6, 6.07) is 6.45. The molecule has 0 fully saturated rings. The van der Waals surface area contributed by atoms with Crippen molar-refractivity contribution in [1.29, 1.82) is 5.26 Å². The van der Waals surface area contributed by atoms with Crippen molar-refractivity contribution in [3.63, 3.8) is 0 Å². The van der Waals surface area contributed by atoms with Gasteiger partial charge in [-0.3, -0.25) is 4.72 Å². The number of nitriles is 1. The number of aryl methyl sites for hydroxylation is 1. The van der Waals surface area contributed by atoms with Crippen LogP contribution in [0.1, 0.15) is 18.9 Å². The SMILES string of the molecule is CCC(C#N)S(=O)(=O)Nc1cccc(C)c1O. The maximum Gasteiger partial charge on any atom is 0.249 e. The molecule has 5 nitrogen and oxygen atoms in total. The van der Waals surface area contributed by atoms with Gasteiger partial charge in [0, 0.05) is 0 Å². The molecule has 0 saturated carbocycles. The molecule has 1 unspecified atom stereocenters. The zero-order valence-electron chi connectivity index (χ0n) is 9.64. The Labute approximate surface area is 101 Å². The van der Waals surface area contributed by atoms with Gasteiger partial charge in [0.25, 0.3) is 0 Å². The highest BCUT2D eigenvalue weighted by molar-refractivity contribution is 7.93. The van der Waals surface area contributed by atoms with Crippen molar-refractivity contribution in [2.75, 3.05) is 4.72 Å². The molecule has 1 atom stereocenters. The number of para-hydroxylation sites is 1. The Morgan fingerprint density at radius 3 is 2.71 bits per heavy atom. The van der Waals surface area contributed by atoms with Crippen LogP contribution in [0.25, 0.3) is 0 Å². The summed E-state index contributed by atoms with van der Waals surface area (Å²) in [5.74, 6) is -0.121. The Morgan fingerprint density at radius 1 is 1.53 bits per heavy atom. The number of aromatic hydroxyl groups is 1. The number of anilines is 1. The summed E-state index contributed by atoms with van der Waals surface area (Å²) in [7, 11) is -3.79. The Bertz CT molecular complexity index is 546. The summed E-state index contributed by atoms with van der Waals surface area (Å²) in [5.41, 5.74) is 0.661. The van der Waals surface area contributed by atoms with E-state index in [1.165, 1.54) is 6.07 Å². The van der Waals surface area contributed by atoms with E-state index in [0.717, 1.165) is 0 Å². The van der Waals surface area contributed by atoms with Crippen LogP contribution in [0.15, 0.2) is 18.2 Å². The molecule has 0 aliphatic carbocycles. The van der Waals surface area contributed by atoms with Crippen molar-refractivity contribution in [2.45, 2.75) is 25.5 Å². The Hall–Kier alpha value is -1.74. The lowest BCUT2D eigenvalue weighted by molar-refractivity contribution is 0.473. The first-order valence-corrected chi connectivity index (χ1v) is 6.66. The van der Waals surface area contributed by atoms with Gasteiger partial charge in [0.05, 0.1) is 11.8 Å². The van der Waals surface area contributed by atoms with Crippen LogP contribution in [0, 0.1) is 18.3 Å². The number of hydrogen-bond acceptors (Lipinski definition) is 4. The van der Waals surface area contributed by atoms with E-state index in [0.29, 0.717) is 5.56 Å². The van der Waals surface area contributed by atoms with Crippen molar-refractivity contribution in [1.82, 2.24) is 0 Å². The fourth-order valence-corrected chi connectivity index (χ4v) is 2.54. The van der Waals surface area contributed by atoms with Gasteiger partial charge in [0.15, 0.2) is 5.25 Å². The standard InChI is InChI=1S/C11H14N2O3S/c1-3-9(7-12)17(15,16)13-10-6-4-5-8(2)11(10)14/h4-6,9,13-14H,3H2,1-2H3. The topological polar surface area (TPSA) is 90.2 Å². The largest absolute Gasteiger partial charge is 0.505 e. The van der Waals surface area contributed by atoms with Gasteiger partial charge in [-0.2, -0.15) is 5.26 Å². The van der Waals surface area contributed by atoms with E-state index in [1.54, 1.807) is 32.0 Å². The van der Waals surface area contributed by atoms with Crippen molar-refractivity contribution < 1.29 is 13.5 Å². The van der Waals surface area contributed by atoms with Crippen LogP contribution in [-0.2, 0) is 10.0 Å². The van der Waals surface area contributed by atoms with Crippen molar-refractivity contribution in [3.05, 3.63) is 23.8 Å². The maximum atomic E-state index is 11.8. The fourth-order valence-electron chi connectivity index (χ4n) is 1.35. The van der Waals surface area contributed by atoms with E-state index in [-0.39, 0.29) is 17.9 Å².